The van der Waals surface area contributed by atoms with Crippen molar-refractivity contribution in [1.82, 2.24) is 4.98 Å². The molecule has 3 nitrogen and oxygen atoms in total. The second-order valence-corrected chi connectivity index (χ2v) is 5.91. The van der Waals surface area contributed by atoms with Crippen LogP contribution in [0.1, 0.15) is 13.8 Å². The maximum Gasteiger partial charge on any atom is 0.126 e. The van der Waals surface area contributed by atoms with Crippen LogP contribution in [0.25, 0.3) is 21.9 Å². The Bertz CT molecular complexity index is 843. The number of fused-ring (bicyclic) bond motifs is 1. The van der Waals surface area contributed by atoms with E-state index in [-0.39, 0.29) is 11.9 Å². The fourth-order valence-electron chi connectivity index (χ4n) is 2.63. The molecule has 23 heavy (non-hydrogen) atoms. The molecule has 0 radical (unpaired) electrons. The Hall–Kier alpha value is -2.62. The van der Waals surface area contributed by atoms with E-state index in [9.17, 15) is 4.39 Å². The lowest BCUT2D eigenvalue weighted by atomic mass is 10.0. The van der Waals surface area contributed by atoms with Crippen molar-refractivity contribution in [1.29, 1.82) is 0 Å². The number of rotatable bonds is 4. The van der Waals surface area contributed by atoms with Gasteiger partial charge in [0.1, 0.15) is 11.6 Å². The van der Waals surface area contributed by atoms with Crippen LogP contribution in [0.3, 0.4) is 0 Å². The SMILES string of the molecule is CNc1cc2cc(-c3cc(F)cc(NC(C)C)c3)ccc2cn1. The molecule has 0 atom stereocenters. The zero-order valence-electron chi connectivity index (χ0n) is 13.5. The fraction of sp³-hybridized carbons (Fsp3) is 0.211. The van der Waals surface area contributed by atoms with Crippen LogP contribution in [-0.2, 0) is 0 Å². The highest BCUT2D eigenvalue weighted by molar-refractivity contribution is 5.88. The third-order valence-corrected chi connectivity index (χ3v) is 3.66. The van der Waals surface area contributed by atoms with Gasteiger partial charge >= 0.3 is 0 Å². The van der Waals surface area contributed by atoms with Gasteiger partial charge in [-0.3, -0.25) is 0 Å². The number of nitrogens with one attached hydrogen (secondary N) is 2. The lowest BCUT2D eigenvalue weighted by Gasteiger charge is -2.12. The van der Waals surface area contributed by atoms with Crippen molar-refractivity contribution in [2.24, 2.45) is 0 Å². The van der Waals surface area contributed by atoms with Crippen molar-refractivity contribution in [3.05, 3.63) is 54.5 Å². The average molecular weight is 309 g/mol. The summed E-state index contributed by atoms with van der Waals surface area (Å²) in [6.07, 6.45) is 1.84. The van der Waals surface area contributed by atoms with Crippen molar-refractivity contribution >= 4 is 22.3 Å². The molecule has 0 spiro atoms. The lowest BCUT2D eigenvalue weighted by molar-refractivity contribution is 0.628. The van der Waals surface area contributed by atoms with Gasteiger partial charge in [0.05, 0.1) is 0 Å². The zero-order valence-corrected chi connectivity index (χ0v) is 13.5. The molecule has 0 aliphatic rings. The van der Waals surface area contributed by atoms with E-state index >= 15 is 0 Å². The van der Waals surface area contributed by atoms with Gasteiger partial charge in [0, 0.05) is 30.4 Å². The molecule has 118 valence electrons. The van der Waals surface area contributed by atoms with Crippen molar-refractivity contribution in [3.8, 4) is 11.1 Å². The second-order valence-electron chi connectivity index (χ2n) is 5.91. The number of nitrogens with zero attached hydrogens (tertiary/aromatic N) is 1. The quantitative estimate of drug-likeness (QED) is 0.719. The van der Waals surface area contributed by atoms with Gasteiger partial charge in [-0.1, -0.05) is 12.1 Å². The fourth-order valence-corrected chi connectivity index (χ4v) is 2.63. The standard InChI is InChI=1S/C19H20FN3/c1-12(2)23-18-8-16(7-17(20)10-18)13-4-5-14-11-22-19(21-3)9-15(14)6-13/h4-12,23H,1-3H3,(H,21,22). The van der Waals surface area contributed by atoms with Gasteiger partial charge < -0.3 is 10.6 Å². The molecule has 0 fully saturated rings. The summed E-state index contributed by atoms with van der Waals surface area (Å²) in [5.41, 5.74) is 2.63. The van der Waals surface area contributed by atoms with Gasteiger partial charge in [-0.05, 0) is 60.7 Å². The summed E-state index contributed by atoms with van der Waals surface area (Å²) in [6, 6.07) is 13.4. The highest BCUT2D eigenvalue weighted by atomic mass is 19.1. The third kappa shape index (κ3) is 3.42. The van der Waals surface area contributed by atoms with Crippen LogP contribution in [0.2, 0.25) is 0 Å². The Kier molecular flexibility index (Phi) is 4.15. The van der Waals surface area contributed by atoms with Crippen LogP contribution >= 0.6 is 0 Å². The highest BCUT2D eigenvalue weighted by Gasteiger charge is 2.06. The maximum atomic E-state index is 13.9. The van der Waals surface area contributed by atoms with Crippen molar-refractivity contribution in [2.45, 2.75) is 19.9 Å². The Labute approximate surface area is 135 Å². The minimum absolute atomic E-state index is 0.239. The summed E-state index contributed by atoms with van der Waals surface area (Å²) in [5, 5.41) is 8.42. The Morgan fingerprint density at radius 3 is 2.52 bits per heavy atom. The molecule has 3 aromatic rings. The highest BCUT2D eigenvalue weighted by Crippen LogP contribution is 2.28. The number of pyridine rings is 1. The molecule has 2 aromatic carbocycles. The Morgan fingerprint density at radius 1 is 0.957 bits per heavy atom. The second kappa shape index (κ2) is 6.24. The van der Waals surface area contributed by atoms with E-state index in [1.807, 2.05) is 51.4 Å². The van der Waals surface area contributed by atoms with Gasteiger partial charge in [-0.2, -0.15) is 0 Å². The van der Waals surface area contributed by atoms with E-state index in [0.29, 0.717) is 0 Å². The lowest BCUT2D eigenvalue weighted by Crippen LogP contribution is -2.09. The summed E-state index contributed by atoms with van der Waals surface area (Å²) >= 11 is 0. The topological polar surface area (TPSA) is 37.0 Å². The molecule has 2 N–H and O–H groups in total. The smallest absolute Gasteiger partial charge is 0.126 e. The monoisotopic (exact) mass is 309 g/mol. The first kappa shape index (κ1) is 15.3. The van der Waals surface area contributed by atoms with Crippen LogP contribution in [0.5, 0.6) is 0 Å². The molecule has 1 heterocycles. The van der Waals surface area contributed by atoms with Crippen LogP contribution in [0.15, 0.2) is 48.7 Å². The van der Waals surface area contributed by atoms with E-state index in [1.54, 1.807) is 6.07 Å². The van der Waals surface area contributed by atoms with Crippen LogP contribution in [0, 0.1) is 5.82 Å². The number of benzene rings is 2. The van der Waals surface area contributed by atoms with Crippen molar-refractivity contribution in [3.63, 3.8) is 0 Å². The number of hydrogen-bond acceptors (Lipinski definition) is 3. The molecule has 0 aliphatic heterocycles. The first-order chi connectivity index (χ1) is 11.0. The Balaban J connectivity index is 2.06. The van der Waals surface area contributed by atoms with Crippen LogP contribution in [0.4, 0.5) is 15.9 Å². The van der Waals surface area contributed by atoms with Gasteiger partial charge in [0.25, 0.3) is 0 Å². The number of hydrogen-bond donors (Lipinski definition) is 2. The van der Waals surface area contributed by atoms with E-state index in [4.69, 9.17) is 0 Å². The van der Waals surface area contributed by atoms with Gasteiger partial charge in [-0.25, -0.2) is 9.37 Å². The maximum absolute atomic E-state index is 13.9. The first-order valence-electron chi connectivity index (χ1n) is 7.70. The van der Waals surface area contributed by atoms with E-state index in [0.717, 1.165) is 33.4 Å². The molecular weight excluding hydrogens is 289 g/mol. The van der Waals surface area contributed by atoms with E-state index < -0.39 is 0 Å². The molecule has 0 aliphatic carbocycles. The summed E-state index contributed by atoms with van der Waals surface area (Å²) < 4.78 is 13.9. The van der Waals surface area contributed by atoms with Gasteiger partial charge in [-0.15, -0.1) is 0 Å². The van der Waals surface area contributed by atoms with E-state index in [1.165, 1.54) is 6.07 Å². The molecule has 0 amide bonds. The minimum atomic E-state index is -0.239. The van der Waals surface area contributed by atoms with E-state index in [2.05, 4.69) is 21.7 Å². The summed E-state index contributed by atoms with van der Waals surface area (Å²) in [4.78, 5) is 4.31. The molecule has 0 unspecified atom stereocenters. The van der Waals surface area contributed by atoms with Crippen molar-refractivity contribution in [2.75, 3.05) is 17.7 Å². The molecular formula is C19H20FN3. The normalized spacial score (nSPS) is 11.0. The van der Waals surface area contributed by atoms with Crippen LogP contribution < -0.4 is 10.6 Å². The molecule has 3 rings (SSSR count). The summed E-state index contributed by atoms with van der Waals surface area (Å²) in [5.74, 6) is 0.576. The number of halogens is 1. The summed E-state index contributed by atoms with van der Waals surface area (Å²) in [7, 11) is 1.84. The molecule has 4 heteroatoms. The van der Waals surface area contributed by atoms with Gasteiger partial charge in [0.2, 0.25) is 0 Å². The molecule has 1 aromatic heterocycles. The first-order valence-corrected chi connectivity index (χ1v) is 7.70. The molecule has 0 bridgehead atoms. The predicted molar refractivity (Wildman–Crippen MR) is 95.4 cm³/mol. The number of aromatic nitrogens is 1. The van der Waals surface area contributed by atoms with Crippen LogP contribution in [-0.4, -0.2) is 18.1 Å². The van der Waals surface area contributed by atoms with Gasteiger partial charge in [0.15, 0.2) is 0 Å². The molecule has 0 saturated heterocycles. The minimum Gasteiger partial charge on any atom is -0.383 e. The average Bonchev–Trinajstić information content (AvgIpc) is 2.52. The van der Waals surface area contributed by atoms with Crippen molar-refractivity contribution < 1.29 is 4.39 Å². The molecule has 0 saturated carbocycles. The Morgan fingerprint density at radius 2 is 1.78 bits per heavy atom. The zero-order chi connectivity index (χ0) is 16.4. The largest absolute Gasteiger partial charge is 0.383 e. The third-order valence-electron chi connectivity index (χ3n) is 3.66. The number of anilines is 2. The summed E-state index contributed by atoms with van der Waals surface area (Å²) in [6.45, 7) is 4.07. The predicted octanol–water partition coefficient (Wildman–Crippen LogP) is 4.90.